The van der Waals surface area contributed by atoms with Gasteiger partial charge in [0.15, 0.2) is 0 Å². The summed E-state index contributed by atoms with van der Waals surface area (Å²) in [6, 6.07) is 13.4. The summed E-state index contributed by atoms with van der Waals surface area (Å²) < 4.78 is 6.95. The predicted molar refractivity (Wildman–Crippen MR) is 186 cm³/mol. The molecule has 0 aliphatic rings. The minimum atomic E-state index is 0.767. The highest BCUT2D eigenvalue weighted by Crippen LogP contribution is 2.32. The van der Waals surface area contributed by atoms with E-state index in [0.717, 1.165) is 36.2 Å². The number of aryl methyl sites for hydroxylation is 6. The highest BCUT2D eigenvalue weighted by Gasteiger charge is 2.21. The van der Waals surface area contributed by atoms with Gasteiger partial charge in [0.25, 0.3) is 0 Å². The van der Waals surface area contributed by atoms with Crippen LogP contribution in [0.1, 0.15) is 66.8 Å². The molecule has 0 bridgehead atoms. The molecular weight excluding hydrogens is 552 g/mol. The Morgan fingerprint density at radius 1 is 0.378 bits per heavy atom. The van der Waals surface area contributed by atoms with Crippen molar-refractivity contribution in [3.63, 3.8) is 0 Å². The lowest BCUT2D eigenvalue weighted by Crippen LogP contribution is -2.14. The molecule has 0 saturated carbocycles. The van der Waals surface area contributed by atoms with E-state index in [1.807, 2.05) is 19.0 Å². The normalized spacial score (nSPS) is 11.9. The first-order chi connectivity index (χ1) is 21.5. The van der Waals surface area contributed by atoms with E-state index >= 15 is 0 Å². The van der Waals surface area contributed by atoms with Crippen molar-refractivity contribution in [2.75, 3.05) is 0 Å². The van der Waals surface area contributed by atoms with E-state index in [9.17, 15) is 0 Å². The van der Waals surface area contributed by atoms with Crippen LogP contribution in [0.15, 0.2) is 55.4 Å². The first kappa shape index (κ1) is 29.0. The molecule has 0 fully saturated rings. The molecular formula is C39H42N6. The Labute approximate surface area is 265 Å². The average Bonchev–Trinajstić information content (AvgIpc) is 3.69. The molecule has 0 amide bonds. The Morgan fingerprint density at radius 2 is 0.622 bits per heavy atom. The summed E-state index contributed by atoms with van der Waals surface area (Å²) in [5, 5.41) is 0. The van der Waals surface area contributed by atoms with Crippen molar-refractivity contribution < 1.29 is 0 Å². The highest BCUT2D eigenvalue weighted by molar-refractivity contribution is 5.79. The zero-order valence-electron chi connectivity index (χ0n) is 28.0. The Hall–Kier alpha value is -4.71. The fourth-order valence-electron chi connectivity index (χ4n) is 6.93. The van der Waals surface area contributed by atoms with E-state index in [4.69, 9.17) is 15.0 Å². The molecule has 3 heterocycles. The van der Waals surface area contributed by atoms with E-state index in [1.165, 1.54) is 83.3 Å². The number of nitrogens with zero attached hydrogens (tertiary/aromatic N) is 6. The lowest BCUT2D eigenvalue weighted by molar-refractivity contribution is 0.757. The molecule has 228 valence electrons. The fraction of sp³-hybridized carbons (Fsp3) is 0.308. The van der Waals surface area contributed by atoms with Crippen molar-refractivity contribution in [3.05, 3.63) is 122 Å². The average molecular weight is 595 g/mol. The Kier molecular flexibility index (Phi) is 6.92. The molecule has 4 aromatic carbocycles. The summed E-state index contributed by atoms with van der Waals surface area (Å²) in [4.78, 5) is 14.4. The summed E-state index contributed by atoms with van der Waals surface area (Å²) in [6.07, 6.45) is 6.01. The lowest BCUT2D eigenvalue weighted by atomic mass is 9.87. The minimum Gasteiger partial charge on any atom is -0.326 e. The van der Waals surface area contributed by atoms with E-state index in [-0.39, 0.29) is 0 Å². The quantitative estimate of drug-likeness (QED) is 0.194. The van der Waals surface area contributed by atoms with Crippen LogP contribution in [0.25, 0.3) is 33.1 Å². The van der Waals surface area contributed by atoms with Crippen LogP contribution in [0.2, 0.25) is 0 Å². The molecule has 6 nitrogen and oxygen atoms in total. The number of aromatic nitrogens is 6. The molecule has 7 aromatic rings. The molecule has 0 atom stereocenters. The Morgan fingerprint density at radius 3 is 0.889 bits per heavy atom. The standard InChI is InChI=1S/C39H42N6/c1-22-10-34-37(13-25(22)4)43(19-40-34)16-31-28(7)32(17-44-20-41-35-11-23(2)26(5)14-38(35)44)30(9)33(29(31)8)18-45-21-42-36-12-24(3)27(6)15-39(36)45/h10-15,19-21H,16-18H2,1-9H3. The van der Waals surface area contributed by atoms with Crippen molar-refractivity contribution in [3.8, 4) is 0 Å². The fourth-order valence-corrected chi connectivity index (χ4v) is 6.93. The Bertz CT molecular complexity index is 2010. The molecule has 0 aliphatic carbocycles. The molecule has 0 spiro atoms. The lowest BCUT2D eigenvalue weighted by Gasteiger charge is -2.24. The van der Waals surface area contributed by atoms with Gasteiger partial charge in [0.2, 0.25) is 0 Å². The summed E-state index contributed by atoms with van der Waals surface area (Å²) in [5.41, 5.74) is 22.5. The first-order valence-electron chi connectivity index (χ1n) is 15.9. The SMILES string of the molecule is Cc1cc2ncn(Cc3c(C)c(Cn4cnc5cc(C)c(C)cc54)c(C)c(Cn4cnc5cc(C)c(C)cc54)c3C)c2cc1C. The number of benzene rings is 4. The number of imidazole rings is 3. The zero-order valence-corrected chi connectivity index (χ0v) is 28.0. The molecule has 6 heteroatoms. The van der Waals surface area contributed by atoms with Crippen LogP contribution in [-0.4, -0.2) is 28.7 Å². The van der Waals surface area contributed by atoms with Crippen LogP contribution in [0.3, 0.4) is 0 Å². The summed E-state index contributed by atoms with van der Waals surface area (Å²) >= 11 is 0. The van der Waals surface area contributed by atoms with Crippen LogP contribution < -0.4 is 0 Å². The molecule has 0 radical (unpaired) electrons. The highest BCUT2D eigenvalue weighted by atomic mass is 15.1. The minimum absolute atomic E-state index is 0.767. The summed E-state index contributed by atoms with van der Waals surface area (Å²) in [5.74, 6) is 0. The van der Waals surface area contributed by atoms with Gasteiger partial charge < -0.3 is 13.7 Å². The molecule has 0 saturated heterocycles. The predicted octanol–water partition coefficient (Wildman–Crippen LogP) is 8.66. The van der Waals surface area contributed by atoms with Crippen LogP contribution in [0.5, 0.6) is 0 Å². The number of hydrogen-bond donors (Lipinski definition) is 0. The van der Waals surface area contributed by atoms with Crippen LogP contribution in [0.4, 0.5) is 0 Å². The third-order valence-corrected chi connectivity index (χ3v) is 10.4. The van der Waals surface area contributed by atoms with E-state index in [0.29, 0.717) is 0 Å². The van der Waals surface area contributed by atoms with Crippen molar-refractivity contribution in [1.29, 1.82) is 0 Å². The van der Waals surface area contributed by atoms with Gasteiger partial charge in [-0.3, -0.25) is 0 Å². The molecule has 0 aliphatic heterocycles. The van der Waals surface area contributed by atoms with Gasteiger partial charge in [-0.2, -0.15) is 0 Å². The summed E-state index contributed by atoms with van der Waals surface area (Å²) in [6.45, 7) is 22.2. The van der Waals surface area contributed by atoms with Gasteiger partial charge in [-0.05, 0) is 165 Å². The topological polar surface area (TPSA) is 53.5 Å². The third-order valence-electron chi connectivity index (χ3n) is 10.4. The van der Waals surface area contributed by atoms with Gasteiger partial charge in [-0.1, -0.05) is 0 Å². The second-order valence-electron chi connectivity index (χ2n) is 13.2. The van der Waals surface area contributed by atoms with Crippen molar-refractivity contribution in [1.82, 2.24) is 28.7 Å². The second-order valence-corrected chi connectivity index (χ2v) is 13.2. The van der Waals surface area contributed by atoms with E-state index < -0.39 is 0 Å². The maximum atomic E-state index is 4.80. The number of rotatable bonds is 6. The van der Waals surface area contributed by atoms with Crippen molar-refractivity contribution in [2.24, 2.45) is 0 Å². The van der Waals surface area contributed by atoms with Gasteiger partial charge in [-0.15, -0.1) is 0 Å². The second kappa shape index (κ2) is 10.7. The van der Waals surface area contributed by atoms with Gasteiger partial charge in [0, 0.05) is 19.6 Å². The number of fused-ring (bicyclic) bond motifs is 3. The largest absolute Gasteiger partial charge is 0.326 e. The van der Waals surface area contributed by atoms with Gasteiger partial charge in [-0.25, -0.2) is 15.0 Å². The van der Waals surface area contributed by atoms with E-state index in [2.05, 4.69) is 112 Å². The maximum Gasteiger partial charge on any atom is 0.0961 e. The number of hydrogen-bond acceptors (Lipinski definition) is 3. The molecule has 7 rings (SSSR count). The zero-order chi connectivity index (χ0) is 31.7. The summed E-state index contributed by atoms with van der Waals surface area (Å²) in [7, 11) is 0. The smallest absolute Gasteiger partial charge is 0.0961 e. The molecule has 45 heavy (non-hydrogen) atoms. The van der Waals surface area contributed by atoms with Crippen LogP contribution in [0, 0.1) is 62.3 Å². The van der Waals surface area contributed by atoms with Gasteiger partial charge >= 0.3 is 0 Å². The van der Waals surface area contributed by atoms with Gasteiger partial charge in [0.05, 0.1) is 52.1 Å². The van der Waals surface area contributed by atoms with Gasteiger partial charge in [0.1, 0.15) is 0 Å². The van der Waals surface area contributed by atoms with Crippen LogP contribution >= 0.6 is 0 Å². The monoisotopic (exact) mass is 594 g/mol. The van der Waals surface area contributed by atoms with E-state index in [1.54, 1.807) is 0 Å². The maximum absolute atomic E-state index is 4.80. The third kappa shape index (κ3) is 4.84. The Balaban J connectivity index is 1.40. The van der Waals surface area contributed by atoms with Crippen LogP contribution in [-0.2, 0) is 19.6 Å². The van der Waals surface area contributed by atoms with Crippen molar-refractivity contribution >= 4 is 33.1 Å². The first-order valence-corrected chi connectivity index (χ1v) is 15.9. The molecule has 0 unspecified atom stereocenters. The molecule has 3 aromatic heterocycles. The van der Waals surface area contributed by atoms with Crippen molar-refractivity contribution in [2.45, 2.75) is 81.9 Å². The molecule has 0 N–H and O–H groups in total.